The predicted octanol–water partition coefficient (Wildman–Crippen LogP) is 2.50. The minimum atomic E-state index is -0.678. The van der Waals surface area contributed by atoms with Gasteiger partial charge < -0.3 is 5.32 Å². The fraction of sp³-hybridized carbons (Fsp3) is 0.333. The first-order valence-electron chi connectivity index (χ1n) is 5.33. The van der Waals surface area contributed by atoms with Gasteiger partial charge in [0.2, 0.25) is 0 Å². The van der Waals surface area contributed by atoms with Crippen molar-refractivity contribution >= 4 is 11.7 Å². The van der Waals surface area contributed by atoms with Crippen molar-refractivity contribution in [3.05, 3.63) is 29.1 Å². The van der Waals surface area contributed by atoms with Crippen LogP contribution in [0.2, 0.25) is 0 Å². The molecule has 5 nitrogen and oxygen atoms in total. The summed E-state index contributed by atoms with van der Waals surface area (Å²) in [7, 11) is 1.28. The maximum atomic E-state index is 13.8. The first kappa shape index (κ1) is 13.9. The molecule has 96 valence electrons. The second-order valence-electron chi connectivity index (χ2n) is 3.95. The molecule has 0 bridgehead atoms. The third-order valence-electron chi connectivity index (χ3n) is 2.31. The Labute approximate surface area is 105 Å². The van der Waals surface area contributed by atoms with Crippen LogP contribution in [-0.2, 0) is 4.84 Å². The molecule has 0 atom stereocenters. The van der Waals surface area contributed by atoms with Crippen LogP contribution < -0.4 is 10.8 Å². The number of carbonyl (C=O) groups excluding carboxylic acids is 1. The number of nitrogens with one attached hydrogen (secondary N) is 2. The third kappa shape index (κ3) is 3.18. The SMILES string of the molecule is CONC(=O)Nc1c(F)cc(C#N)cc1C(C)C. The highest BCUT2D eigenvalue weighted by molar-refractivity contribution is 5.89. The molecule has 0 aliphatic heterocycles. The van der Waals surface area contributed by atoms with E-state index in [1.54, 1.807) is 6.07 Å². The summed E-state index contributed by atoms with van der Waals surface area (Å²) < 4.78 is 13.8. The van der Waals surface area contributed by atoms with Gasteiger partial charge in [0.15, 0.2) is 0 Å². The zero-order valence-corrected chi connectivity index (χ0v) is 10.4. The average molecular weight is 251 g/mol. The van der Waals surface area contributed by atoms with Crippen LogP contribution in [0.4, 0.5) is 14.9 Å². The lowest BCUT2D eigenvalue weighted by Crippen LogP contribution is -2.28. The summed E-state index contributed by atoms with van der Waals surface area (Å²) in [6.07, 6.45) is 0. The van der Waals surface area contributed by atoms with Crippen LogP contribution in [0.5, 0.6) is 0 Å². The number of hydrogen-bond donors (Lipinski definition) is 2. The van der Waals surface area contributed by atoms with Crippen molar-refractivity contribution in [2.75, 3.05) is 12.4 Å². The number of hydrogen-bond acceptors (Lipinski definition) is 3. The molecule has 2 N–H and O–H groups in total. The normalized spacial score (nSPS) is 10.0. The van der Waals surface area contributed by atoms with Gasteiger partial charge in [-0.25, -0.2) is 14.7 Å². The Morgan fingerprint density at radius 2 is 2.17 bits per heavy atom. The average Bonchev–Trinajstić information content (AvgIpc) is 2.31. The molecule has 18 heavy (non-hydrogen) atoms. The van der Waals surface area contributed by atoms with E-state index >= 15 is 0 Å². The third-order valence-corrected chi connectivity index (χ3v) is 2.31. The number of amides is 2. The highest BCUT2D eigenvalue weighted by Crippen LogP contribution is 2.28. The fourth-order valence-electron chi connectivity index (χ4n) is 1.51. The van der Waals surface area contributed by atoms with Crippen LogP contribution in [0.15, 0.2) is 12.1 Å². The Morgan fingerprint density at radius 1 is 1.50 bits per heavy atom. The molecule has 1 rings (SSSR count). The number of halogens is 1. The summed E-state index contributed by atoms with van der Waals surface area (Å²) in [4.78, 5) is 15.7. The standard InChI is InChI=1S/C12H14FN3O2/c1-7(2)9-4-8(6-14)5-10(13)11(9)15-12(17)16-18-3/h4-5,7H,1-3H3,(H2,15,16,17). The van der Waals surface area contributed by atoms with Gasteiger partial charge in [0.25, 0.3) is 0 Å². The Bertz CT molecular complexity index is 495. The molecule has 6 heteroatoms. The lowest BCUT2D eigenvalue weighted by Gasteiger charge is -2.15. The smallest absolute Gasteiger partial charge is 0.303 e. The van der Waals surface area contributed by atoms with E-state index in [0.29, 0.717) is 5.56 Å². The summed E-state index contributed by atoms with van der Waals surface area (Å²) in [5, 5.41) is 11.1. The van der Waals surface area contributed by atoms with Gasteiger partial charge in [0.1, 0.15) is 5.82 Å². The maximum Gasteiger partial charge on any atom is 0.343 e. The van der Waals surface area contributed by atoms with Crippen molar-refractivity contribution in [3.8, 4) is 6.07 Å². The van der Waals surface area contributed by atoms with Crippen LogP contribution in [0.3, 0.4) is 0 Å². The molecule has 2 amide bonds. The summed E-state index contributed by atoms with van der Waals surface area (Å²) in [6.45, 7) is 3.69. The quantitative estimate of drug-likeness (QED) is 0.810. The molecule has 0 spiro atoms. The van der Waals surface area contributed by atoms with E-state index in [2.05, 4.69) is 10.2 Å². The zero-order chi connectivity index (χ0) is 13.7. The molecular weight excluding hydrogens is 237 g/mol. The van der Waals surface area contributed by atoms with E-state index in [1.807, 2.05) is 25.4 Å². The summed E-state index contributed by atoms with van der Waals surface area (Å²) in [5.41, 5.74) is 2.86. The van der Waals surface area contributed by atoms with Gasteiger partial charge in [0.05, 0.1) is 24.4 Å². The highest BCUT2D eigenvalue weighted by Gasteiger charge is 2.16. The van der Waals surface area contributed by atoms with Crippen molar-refractivity contribution in [2.45, 2.75) is 19.8 Å². The number of hydroxylamine groups is 1. The minimum absolute atomic E-state index is 0.0364. The number of anilines is 1. The Balaban J connectivity index is 3.17. The Morgan fingerprint density at radius 3 is 2.67 bits per heavy atom. The first-order valence-corrected chi connectivity index (χ1v) is 5.33. The molecule has 1 aromatic rings. The summed E-state index contributed by atoms with van der Waals surface area (Å²) >= 11 is 0. The monoisotopic (exact) mass is 251 g/mol. The van der Waals surface area contributed by atoms with Crippen molar-refractivity contribution < 1.29 is 14.0 Å². The lowest BCUT2D eigenvalue weighted by atomic mass is 9.98. The van der Waals surface area contributed by atoms with Crippen molar-refractivity contribution in [3.63, 3.8) is 0 Å². The van der Waals surface area contributed by atoms with Crippen LogP contribution in [0.25, 0.3) is 0 Å². The van der Waals surface area contributed by atoms with Gasteiger partial charge in [-0.1, -0.05) is 13.8 Å². The number of benzene rings is 1. The molecule has 0 aliphatic rings. The first-order chi connectivity index (χ1) is 8.49. The summed E-state index contributed by atoms with van der Waals surface area (Å²) in [5.74, 6) is -0.686. The molecule has 0 heterocycles. The number of carbonyl (C=O) groups is 1. The highest BCUT2D eigenvalue weighted by atomic mass is 19.1. The molecule has 0 fully saturated rings. The van der Waals surface area contributed by atoms with E-state index in [9.17, 15) is 9.18 Å². The van der Waals surface area contributed by atoms with Gasteiger partial charge in [-0.15, -0.1) is 0 Å². The largest absolute Gasteiger partial charge is 0.343 e. The number of nitriles is 1. The van der Waals surface area contributed by atoms with Crippen LogP contribution >= 0.6 is 0 Å². The second kappa shape index (κ2) is 5.98. The molecule has 0 unspecified atom stereocenters. The molecule has 0 aliphatic carbocycles. The van der Waals surface area contributed by atoms with E-state index in [0.717, 1.165) is 6.07 Å². The second-order valence-corrected chi connectivity index (χ2v) is 3.95. The topological polar surface area (TPSA) is 74.2 Å². The molecule has 0 saturated heterocycles. The van der Waals surface area contributed by atoms with E-state index in [1.165, 1.54) is 7.11 Å². The minimum Gasteiger partial charge on any atom is -0.303 e. The van der Waals surface area contributed by atoms with Gasteiger partial charge in [-0.3, -0.25) is 4.84 Å². The fourth-order valence-corrected chi connectivity index (χ4v) is 1.51. The van der Waals surface area contributed by atoms with Crippen LogP contribution in [0.1, 0.15) is 30.9 Å². The Kier molecular flexibility index (Phi) is 4.63. The van der Waals surface area contributed by atoms with Crippen LogP contribution in [0, 0.1) is 17.1 Å². The van der Waals surface area contributed by atoms with E-state index < -0.39 is 11.8 Å². The predicted molar refractivity (Wildman–Crippen MR) is 64.4 cm³/mol. The van der Waals surface area contributed by atoms with E-state index in [-0.39, 0.29) is 17.2 Å². The molecule has 1 aromatic carbocycles. The van der Waals surface area contributed by atoms with Gasteiger partial charge in [-0.2, -0.15) is 5.26 Å². The van der Waals surface area contributed by atoms with Gasteiger partial charge in [-0.05, 0) is 23.6 Å². The van der Waals surface area contributed by atoms with Crippen molar-refractivity contribution in [1.82, 2.24) is 5.48 Å². The van der Waals surface area contributed by atoms with Crippen LogP contribution in [-0.4, -0.2) is 13.1 Å². The maximum absolute atomic E-state index is 13.8. The summed E-state index contributed by atoms with van der Waals surface area (Å²) in [6, 6.07) is 3.83. The number of nitrogens with zero attached hydrogens (tertiary/aromatic N) is 1. The Hall–Kier alpha value is -2.13. The zero-order valence-electron chi connectivity index (χ0n) is 10.4. The van der Waals surface area contributed by atoms with Gasteiger partial charge in [0, 0.05) is 0 Å². The van der Waals surface area contributed by atoms with Crippen molar-refractivity contribution in [2.24, 2.45) is 0 Å². The van der Waals surface area contributed by atoms with Crippen molar-refractivity contribution in [1.29, 1.82) is 5.26 Å². The van der Waals surface area contributed by atoms with E-state index in [4.69, 9.17) is 5.26 Å². The molecule has 0 aromatic heterocycles. The molecule has 0 saturated carbocycles. The lowest BCUT2D eigenvalue weighted by molar-refractivity contribution is 0.114. The number of urea groups is 1. The molecule has 0 radical (unpaired) electrons. The van der Waals surface area contributed by atoms with Gasteiger partial charge >= 0.3 is 6.03 Å². The molecular formula is C12H14FN3O2. The number of rotatable bonds is 3.